The second-order valence-electron chi connectivity index (χ2n) is 3.96. The summed E-state index contributed by atoms with van der Waals surface area (Å²) in [5.74, 6) is 0.234. The van der Waals surface area contributed by atoms with Crippen LogP contribution in [0.4, 0.5) is 0 Å². The minimum atomic E-state index is -0.465. The molecule has 0 aliphatic carbocycles. The Bertz CT molecular complexity index is 322. The smallest absolute Gasteiger partial charge is 0.0758 e. The molecule has 3 N–H and O–H groups in total. The fourth-order valence-corrected chi connectivity index (χ4v) is 2.07. The van der Waals surface area contributed by atoms with E-state index in [0.717, 1.165) is 15.6 Å². The Labute approximate surface area is 117 Å². The highest BCUT2D eigenvalue weighted by Gasteiger charge is 2.21. The van der Waals surface area contributed by atoms with E-state index >= 15 is 0 Å². The highest BCUT2D eigenvalue weighted by molar-refractivity contribution is 14.1. The van der Waals surface area contributed by atoms with Gasteiger partial charge in [-0.2, -0.15) is 0 Å². The lowest BCUT2D eigenvalue weighted by molar-refractivity contribution is 0.0880. The van der Waals surface area contributed by atoms with Crippen LogP contribution in [0.2, 0.25) is 0 Å². The van der Waals surface area contributed by atoms with Crippen LogP contribution in [-0.4, -0.2) is 11.2 Å². The first-order chi connectivity index (χ1) is 7.06. The molecule has 1 aromatic carbocycles. The van der Waals surface area contributed by atoms with Crippen molar-refractivity contribution in [1.82, 2.24) is 0 Å². The predicted molar refractivity (Wildman–Crippen MR) is 78.8 cm³/mol. The standard InChI is InChI=1S/C12H18INO.ClH/c1-3-8(2)12(15)11(14)9-5-4-6-10(13)7-9;/h4-8,11-12,15H,3,14H2,1-2H3;1H/t8?,11-,12+;/m0./s1. The normalized spacial score (nSPS) is 16.1. The molecule has 1 unspecified atom stereocenters. The Balaban J connectivity index is 0.00000225. The third-order valence-corrected chi connectivity index (χ3v) is 3.50. The summed E-state index contributed by atoms with van der Waals surface area (Å²) in [6.45, 7) is 4.09. The minimum Gasteiger partial charge on any atom is -0.391 e. The zero-order valence-electron chi connectivity index (χ0n) is 9.56. The van der Waals surface area contributed by atoms with Gasteiger partial charge in [-0.05, 0) is 46.2 Å². The van der Waals surface area contributed by atoms with Crippen molar-refractivity contribution in [3.05, 3.63) is 33.4 Å². The topological polar surface area (TPSA) is 46.2 Å². The van der Waals surface area contributed by atoms with Crippen LogP contribution in [-0.2, 0) is 0 Å². The largest absolute Gasteiger partial charge is 0.391 e. The highest BCUT2D eigenvalue weighted by Crippen LogP contribution is 2.22. The molecule has 3 atom stereocenters. The molecule has 0 bridgehead atoms. The number of benzene rings is 1. The number of aliphatic hydroxyl groups excluding tert-OH is 1. The number of hydrogen-bond acceptors (Lipinski definition) is 2. The minimum absolute atomic E-state index is 0. The molecule has 0 fully saturated rings. The zero-order valence-corrected chi connectivity index (χ0v) is 12.5. The van der Waals surface area contributed by atoms with Gasteiger partial charge in [0, 0.05) is 3.57 Å². The summed E-state index contributed by atoms with van der Waals surface area (Å²) >= 11 is 2.25. The molecule has 0 aliphatic heterocycles. The lowest BCUT2D eigenvalue weighted by atomic mass is 9.92. The molecule has 0 heterocycles. The molecule has 92 valence electrons. The first kappa shape index (κ1) is 16.2. The van der Waals surface area contributed by atoms with Crippen molar-refractivity contribution in [3.63, 3.8) is 0 Å². The number of rotatable bonds is 4. The third kappa shape index (κ3) is 4.20. The summed E-state index contributed by atoms with van der Waals surface area (Å²) in [7, 11) is 0. The van der Waals surface area contributed by atoms with Gasteiger partial charge < -0.3 is 10.8 Å². The quantitative estimate of drug-likeness (QED) is 0.815. The van der Waals surface area contributed by atoms with Gasteiger partial charge in [0.1, 0.15) is 0 Å². The van der Waals surface area contributed by atoms with Gasteiger partial charge in [-0.25, -0.2) is 0 Å². The molecule has 1 aromatic rings. The predicted octanol–water partition coefficient (Wildman–Crippen LogP) is 3.12. The van der Waals surface area contributed by atoms with E-state index in [1.165, 1.54) is 0 Å². The van der Waals surface area contributed by atoms with Gasteiger partial charge in [0.05, 0.1) is 12.1 Å². The molecule has 0 radical (unpaired) electrons. The molecule has 2 nitrogen and oxygen atoms in total. The van der Waals surface area contributed by atoms with Crippen molar-refractivity contribution in [1.29, 1.82) is 0 Å². The summed E-state index contributed by atoms with van der Waals surface area (Å²) in [6, 6.07) is 7.71. The average molecular weight is 356 g/mol. The molecule has 0 aromatic heterocycles. The Morgan fingerprint density at radius 3 is 2.56 bits per heavy atom. The summed E-state index contributed by atoms with van der Waals surface area (Å²) in [4.78, 5) is 0. The van der Waals surface area contributed by atoms with E-state index in [1.54, 1.807) is 0 Å². The fourth-order valence-electron chi connectivity index (χ4n) is 1.51. The maximum atomic E-state index is 10.0. The van der Waals surface area contributed by atoms with E-state index in [9.17, 15) is 5.11 Å². The summed E-state index contributed by atoms with van der Waals surface area (Å²) in [5.41, 5.74) is 7.04. The number of aliphatic hydroxyl groups is 1. The van der Waals surface area contributed by atoms with Crippen molar-refractivity contribution in [3.8, 4) is 0 Å². The molecule has 0 spiro atoms. The van der Waals surface area contributed by atoms with Gasteiger partial charge >= 0.3 is 0 Å². The van der Waals surface area contributed by atoms with E-state index < -0.39 is 6.10 Å². The van der Waals surface area contributed by atoms with E-state index in [4.69, 9.17) is 5.73 Å². The zero-order chi connectivity index (χ0) is 11.4. The second-order valence-corrected chi connectivity index (χ2v) is 5.20. The fraction of sp³-hybridized carbons (Fsp3) is 0.500. The number of halogens is 2. The van der Waals surface area contributed by atoms with E-state index in [0.29, 0.717) is 0 Å². The second kappa shape index (κ2) is 7.48. The van der Waals surface area contributed by atoms with Gasteiger partial charge in [0.15, 0.2) is 0 Å². The van der Waals surface area contributed by atoms with E-state index in [2.05, 4.69) is 29.5 Å². The molecule has 0 saturated carbocycles. The van der Waals surface area contributed by atoms with Gasteiger partial charge in [0.2, 0.25) is 0 Å². The molecular formula is C12H19ClINO. The van der Waals surface area contributed by atoms with Crippen LogP contribution < -0.4 is 5.73 Å². The van der Waals surface area contributed by atoms with Crippen LogP contribution in [0.15, 0.2) is 24.3 Å². The van der Waals surface area contributed by atoms with Crippen molar-refractivity contribution < 1.29 is 5.11 Å². The van der Waals surface area contributed by atoms with Crippen LogP contribution in [0, 0.1) is 9.49 Å². The molecule has 16 heavy (non-hydrogen) atoms. The molecule has 0 saturated heterocycles. The Morgan fingerprint density at radius 1 is 1.44 bits per heavy atom. The van der Waals surface area contributed by atoms with Crippen LogP contribution >= 0.6 is 35.0 Å². The molecule has 0 amide bonds. The van der Waals surface area contributed by atoms with Crippen LogP contribution in [0.25, 0.3) is 0 Å². The van der Waals surface area contributed by atoms with Crippen molar-refractivity contribution in [2.24, 2.45) is 11.7 Å². The van der Waals surface area contributed by atoms with Crippen LogP contribution in [0.5, 0.6) is 0 Å². The number of nitrogens with two attached hydrogens (primary N) is 1. The maximum Gasteiger partial charge on any atom is 0.0758 e. The molecule has 1 rings (SSSR count). The molecule has 4 heteroatoms. The summed E-state index contributed by atoms with van der Waals surface area (Å²) < 4.78 is 1.15. The van der Waals surface area contributed by atoms with Crippen LogP contribution in [0.1, 0.15) is 31.9 Å². The monoisotopic (exact) mass is 355 g/mol. The van der Waals surface area contributed by atoms with Crippen molar-refractivity contribution in [2.75, 3.05) is 0 Å². The van der Waals surface area contributed by atoms with Crippen LogP contribution in [0.3, 0.4) is 0 Å². The van der Waals surface area contributed by atoms with Gasteiger partial charge in [-0.1, -0.05) is 32.4 Å². The Morgan fingerprint density at radius 2 is 2.06 bits per heavy atom. The van der Waals surface area contributed by atoms with Gasteiger partial charge in [-0.3, -0.25) is 0 Å². The number of hydrogen-bond donors (Lipinski definition) is 2. The Kier molecular flexibility index (Phi) is 7.55. The first-order valence-corrected chi connectivity index (χ1v) is 6.33. The average Bonchev–Trinajstić information content (AvgIpc) is 2.26. The van der Waals surface area contributed by atoms with Crippen molar-refractivity contribution in [2.45, 2.75) is 32.4 Å². The van der Waals surface area contributed by atoms with Gasteiger partial charge in [-0.15, -0.1) is 12.4 Å². The van der Waals surface area contributed by atoms with Crippen molar-refractivity contribution >= 4 is 35.0 Å². The first-order valence-electron chi connectivity index (χ1n) is 5.25. The maximum absolute atomic E-state index is 10.0. The van der Waals surface area contributed by atoms with Gasteiger partial charge in [0.25, 0.3) is 0 Å². The molecule has 0 aliphatic rings. The lowest BCUT2D eigenvalue weighted by Crippen LogP contribution is -2.31. The lowest BCUT2D eigenvalue weighted by Gasteiger charge is -2.24. The summed E-state index contributed by atoms with van der Waals surface area (Å²) in [5, 5.41) is 10.0. The summed E-state index contributed by atoms with van der Waals surface area (Å²) in [6.07, 6.45) is 0.479. The SMILES string of the molecule is CCC(C)[C@@H](O)[C@@H](N)c1cccc(I)c1.Cl. The Hall–Kier alpha value is 0.160. The van der Waals surface area contributed by atoms with E-state index in [-0.39, 0.29) is 24.4 Å². The van der Waals surface area contributed by atoms with E-state index in [1.807, 2.05) is 31.2 Å². The molecular weight excluding hydrogens is 336 g/mol. The third-order valence-electron chi connectivity index (χ3n) is 2.83. The highest BCUT2D eigenvalue weighted by atomic mass is 127.